The molecule has 3 N–H and O–H groups in total. The second-order valence-electron chi connectivity index (χ2n) is 5.35. The molecule has 2 heterocycles. The summed E-state index contributed by atoms with van der Waals surface area (Å²) in [6.45, 7) is 2.42. The summed E-state index contributed by atoms with van der Waals surface area (Å²) in [6, 6.07) is 3.34. The van der Waals surface area contributed by atoms with Crippen LogP contribution in [0.3, 0.4) is 0 Å². The molecule has 132 valence electrons. The van der Waals surface area contributed by atoms with Gasteiger partial charge in [0.15, 0.2) is 0 Å². The standard InChI is InChI=1S/C14H23N3O3S2.ClH/c15-7-1-2-8-16-13(18)11-12-5-6-14(21-12)22(19,20)17-9-3-4-10-17;/h5-6H,1-4,7-11,15H2,(H,16,18);1H. The molecule has 1 amide bonds. The molecule has 0 spiro atoms. The number of unbranched alkanes of at least 4 members (excludes halogenated alkanes) is 1. The number of amides is 1. The Morgan fingerprint density at radius 1 is 1.26 bits per heavy atom. The van der Waals surface area contributed by atoms with E-state index in [-0.39, 0.29) is 24.7 Å². The van der Waals surface area contributed by atoms with E-state index in [0.29, 0.717) is 30.4 Å². The van der Waals surface area contributed by atoms with Crippen LogP contribution in [0.5, 0.6) is 0 Å². The number of halogens is 1. The number of nitrogens with one attached hydrogen (secondary N) is 1. The van der Waals surface area contributed by atoms with Gasteiger partial charge in [0, 0.05) is 24.5 Å². The first kappa shape index (κ1) is 20.4. The molecule has 0 aliphatic carbocycles. The first-order valence-corrected chi connectivity index (χ1v) is 9.85. The van der Waals surface area contributed by atoms with Crippen LogP contribution in [0.4, 0.5) is 0 Å². The van der Waals surface area contributed by atoms with Crippen molar-refractivity contribution in [3.05, 3.63) is 17.0 Å². The van der Waals surface area contributed by atoms with Crippen LogP contribution in [0.2, 0.25) is 0 Å². The number of nitrogens with zero attached hydrogens (tertiary/aromatic N) is 1. The van der Waals surface area contributed by atoms with Gasteiger partial charge in [0.2, 0.25) is 5.91 Å². The van der Waals surface area contributed by atoms with Gasteiger partial charge >= 0.3 is 0 Å². The second-order valence-corrected chi connectivity index (χ2v) is 8.69. The monoisotopic (exact) mass is 381 g/mol. The number of thiophene rings is 1. The molecule has 0 saturated carbocycles. The van der Waals surface area contributed by atoms with Crippen LogP contribution >= 0.6 is 23.7 Å². The Morgan fingerprint density at radius 2 is 1.96 bits per heavy atom. The third-order valence-electron chi connectivity index (χ3n) is 3.58. The van der Waals surface area contributed by atoms with E-state index in [1.807, 2.05) is 0 Å². The summed E-state index contributed by atoms with van der Waals surface area (Å²) < 4.78 is 26.7. The maximum Gasteiger partial charge on any atom is 0.252 e. The van der Waals surface area contributed by atoms with Crippen LogP contribution < -0.4 is 11.1 Å². The lowest BCUT2D eigenvalue weighted by atomic mass is 10.3. The molecule has 0 atom stereocenters. The zero-order valence-corrected chi connectivity index (χ0v) is 15.4. The van der Waals surface area contributed by atoms with E-state index in [0.717, 1.165) is 30.6 Å². The van der Waals surface area contributed by atoms with Gasteiger partial charge in [-0.25, -0.2) is 8.42 Å². The minimum absolute atomic E-state index is 0. The molecule has 1 aromatic rings. The van der Waals surface area contributed by atoms with Gasteiger partial charge in [0.25, 0.3) is 10.0 Å². The van der Waals surface area contributed by atoms with Crippen LogP contribution in [0.25, 0.3) is 0 Å². The average molecular weight is 382 g/mol. The molecule has 0 aromatic carbocycles. The van der Waals surface area contributed by atoms with Gasteiger partial charge in [-0.15, -0.1) is 23.7 Å². The Hall–Kier alpha value is -0.670. The molecule has 1 aromatic heterocycles. The summed E-state index contributed by atoms with van der Waals surface area (Å²) in [5.74, 6) is -0.0796. The lowest BCUT2D eigenvalue weighted by molar-refractivity contribution is -0.120. The van der Waals surface area contributed by atoms with Crippen LogP contribution in [-0.2, 0) is 21.2 Å². The molecule has 1 fully saturated rings. The normalized spacial score (nSPS) is 15.3. The van der Waals surface area contributed by atoms with Gasteiger partial charge in [0.1, 0.15) is 4.21 Å². The van der Waals surface area contributed by atoms with Crippen molar-refractivity contribution in [2.75, 3.05) is 26.2 Å². The molecule has 1 aliphatic heterocycles. The Morgan fingerprint density at radius 3 is 2.61 bits per heavy atom. The predicted octanol–water partition coefficient (Wildman–Crippen LogP) is 1.35. The fraction of sp³-hybridized carbons (Fsp3) is 0.643. The number of carbonyl (C=O) groups is 1. The van der Waals surface area contributed by atoms with Crippen LogP contribution in [0.15, 0.2) is 16.3 Å². The summed E-state index contributed by atoms with van der Waals surface area (Å²) in [6.07, 6.45) is 3.81. The minimum Gasteiger partial charge on any atom is -0.356 e. The molecule has 23 heavy (non-hydrogen) atoms. The van der Waals surface area contributed by atoms with E-state index in [9.17, 15) is 13.2 Å². The van der Waals surface area contributed by atoms with Gasteiger partial charge < -0.3 is 11.1 Å². The van der Waals surface area contributed by atoms with E-state index in [1.165, 1.54) is 15.6 Å². The van der Waals surface area contributed by atoms with Crippen LogP contribution in [0.1, 0.15) is 30.6 Å². The number of rotatable bonds is 8. The zero-order valence-electron chi connectivity index (χ0n) is 13.0. The Kier molecular flexibility index (Phi) is 8.49. The molecule has 0 bridgehead atoms. The Balaban J connectivity index is 0.00000264. The Labute approximate surface area is 147 Å². The molecule has 2 rings (SSSR count). The number of nitrogens with two attached hydrogens (primary N) is 1. The Bertz CT molecular complexity index is 598. The lowest BCUT2D eigenvalue weighted by Gasteiger charge is -2.13. The highest BCUT2D eigenvalue weighted by molar-refractivity contribution is 7.91. The van der Waals surface area contributed by atoms with Crippen molar-refractivity contribution < 1.29 is 13.2 Å². The van der Waals surface area contributed by atoms with Crippen molar-refractivity contribution in [2.45, 2.75) is 36.3 Å². The summed E-state index contributed by atoms with van der Waals surface area (Å²) in [7, 11) is -3.37. The van der Waals surface area contributed by atoms with Crippen LogP contribution in [-0.4, -0.2) is 44.8 Å². The van der Waals surface area contributed by atoms with Gasteiger partial charge in [-0.2, -0.15) is 4.31 Å². The molecule has 0 unspecified atom stereocenters. The topological polar surface area (TPSA) is 92.5 Å². The summed E-state index contributed by atoms with van der Waals surface area (Å²) in [5.41, 5.74) is 5.39. The third-order valence-corrected chi connectivity index (χ3v) is 7.04. The zero-order chi connectivity index (χ0) is 16.0. The average Bonchev–Trinajstić information content (AvgIpc) is 3.15. The number of hydrogen-bond donors (Lipinski definition) is 2. The quantitative estimate of drug-likeness (QED) is 0.665. The van der Waals surface area contributed by atoms with Gasteiger partial charge in [0.05, 0.1) is 6.42 Å². The van der Waals surface area contributed by atoms with E-state index >= 15 is 0 Å². The SMILES string of the molecule is Cl.NCCCCNC(=O)Cc1ccc(S(=O)(=O)N2CCCC2)s1. The predicted molar refractivity (Wildman–Crippen MR) is 94.6 cm³/mol. The van der Waals surface area contributed by atoms with Crippen molar-refractivity contribution in [2.24, 2.45) is 5.73 Å². The molecule has 1 aliphatic rings. The number of carbonyl (C=O) groups excluding carboxylic acids is 1. The highest BCUT2D eigenvalue weighted by Crippen LogP contribution is 2.27. The van der Waals surface area contributed by atoms with E-state index in [2.05, 4.69) is 5.32 Å². The van der Waals surface area contributed by atoms with E-state index in [4.69, 9.17) is 5.73 Å². The minimum atomic E-state index is -3.37. The van der Waals surface area contributed by atoms with Gasteiger partial charge in [-0.1, -0.05) is 0 Å². The lowest BCUT2D eigenvalue weighted by Crippen LogP contribution is -2.27. The first-order chi connectivity index (χ1) is 10.5. The smallest absolute Gasteiger partial charge is 0.252 e. The maximum atomic E-state index is 12.4. The highest BCUT2D eigenvalue weighted by Gasteiger charge is 2.28. The maximum absolute atomic E-state index is 12.4. The van der Waals surface area contributed by atoms with Crippen molar-refractivity contribution in [3.8, 4) is 0 Å². The fourth-order valence-electron chi connectivity index (χ4n) is 2.37. The number of sulfonamides is 1. The van der Waals surface area contributed by atoms with Gasteiger partial charge in [-0.3, -0.25) is 4.79 Å². The highest BCUT2D eigenvalue weighted by atomic mass is 35.5. The van der Waals surface area contributed by atoms with Gasteiger partial charge in [-0.05, 0) is 44.4 Å². The third kappa shape index (κ3) is 5.72. The molecule has 9 heteroatoms. The largest absolute Gasteiger partial charge is 0.356 e. The van der Waals surface area contributed by atoms with Crippen LogP contribution in [0, 0.1) is 0 Å². The molecule has 0 radical (unpaired) electrons. The summed E-state index contributed by atoms with van der Waals surface area (Å²) in [4.78, 5) is 12.6. The molecule has 6 nitrogen and oxygen atoms in total. The summed E-state index contributed by atoms with van der Waals surface area (Å²) in [5, 5.41) is 2.82. The van der Waals surface area contributed by atoms with Crippen molar-refractivity contribution >= 4 is 39.7 Å². The number of hydrogen-bond acceptors (Lipinski definition) is 5. The first-order valence-electron chi connectivity index (χ1n) is 7.59. The summed E-state index contributed by atoms with van der Waals surface area (Å²) >= 11 is 1.19. The van der Waals surface area contributed by atoms with Crippen molar-refractivity contribution in [3.63, 3.8) is 0 Å². The van der Waals surface area contributed by atoms with Crippen molar-refractivity contribution in [1.82, 2.24) is 9.62 Å². The fourth-order valence-corrected chi connectivity index (χ4v) is 5.39. The second kappa shape index (κ2) is 9.58. The molecular formula is C14H24ClN3O3S2. The van der Waals surface area contributed by atoms with E-state index in [1.54, 1.807) is 12.1 Å². The molecule has 1 saturated heterocycles. The molecular weight excluding hydrogens is 358 g/mol. The van der Waals surface area contributed by atoms with E-state index < -0.39 is 10.0 Å². The van der Waals surface area contributed by atoms with Crippen molar-refractivity contribution in [1.29, 1.82) is 0 Å².